The maximum absolute atomic E-state index is 12.9. The number of carbonyl (C=O) groups excluding carboxylic acids is 1. The van der Waals surface area contributed by atoms with E-state index in [-0.39, 0.29) is 11.9 Å². The minimum absolute atomic E-state index is 0.0743. The van der Waals surface area contributed by atoms with Crippen molar-refractivity contribution in [3.05, 3.63) is 41.2 Å². The molecule has 2 aromatic heterocycles. The highest BCUT2D eigenvalue weighted by Crippen LogP contribution is 2.32. The van der Waals surface area contributed by atoms with Crippen molar-refractivity contribution in [2.75, 3.05) is 6.54 Å². The van der Waals surface area contributed by atoms with Gasteiger partial charge in [-0.05, 0) is 44.2 Å². The Balaban J connectivity index is 1.53. The summed E-state index contributed by atoms with van der Waals surface area (Å²) in [4.78, 5) is 19.2. The normalized spacial score (nSPS) is 20.4. The maximum Gasteiger partial charge on any atom is 0.227 e. The van der Waals surface area contributed by atoms with Crippen LogP contribution < -0.4 is 0 Å². The standard InChI is InChI=1S/C19H25N5O/c1-14-8-9-15(13-20-14)12-18(25)23-11-5-6-16(23)19-22-21-17-7-3-2-4-10-24(17)19/h8-9,13,16H,2-7,10-12H2,1H3/t16-/m0/s1. The molecule has 1 fully saturated rings. The molecule has 6 nitrogen and oxygen atoms in total. The number of likely N-dealkylation sites (tertiary alicyclic amines) is 1. The molecule has 1 atom stereocenters. The molecule has 0 saturated carbocycles. The number of aromatic nitrogens is 4. The molecule has 0 aliphatic carbocycles. The predicted octanol–water partition coefficient (Wildman–Crippen LogP) is 2.61. The molecular formula is C19H25N5O. The number of hydrogen-bond acceptors (Lipinski definition) is 4. The molecule has 2 aromatic rings. The molecule has 1 saturated heterocycles. The molecule has 2 aliphatic heterocycles. The molecule has 4 heterocycles. The second-order valence-corrected chi connectivity index (χ2v) is 7.17. The lowest BCUT2D eigenvalue weighted by Crippen LogP contribution is -2.33. The Morgan fingerprint density at radius 1 is 1.16 bits per heavy atom. The number of aryl methyl sites for hydroxylation is 2. The molecule has 25 heavy (non-hydrogen) atoms. The van der Waals surface area contributed by atoms with Crippen LogP contribution in [-0.2, 0) is 24.2 Å². The monoisotopic (exact) mass is 339 g/mol. The van der Waals surface area contributed by atoms with Gasteiger partial charge in [0.25, 0.3) is 0 Å². The van der Waals surface area contributed by atoms with Gasteiger partial charge in [-0.1, -0.05) is 12.5 Å². The van der Waals surface area contributed by atoms with Gasteiger partial charge in [0, 0.05) is 31.4 Å². The van der Waals surface area contributed by atoms with Gasteiger partial charge in [0.15, 0.2) is 5.82 Å². The molecule has 2 aliphatic rings. The Kier molecular flexibility index (Phi) is 4.51. The number of hydrogen-bond donors (Lipinski definition) is 0. The van der Waals surface area contributed by atoms with E-state index in [4.69, 9.17) is 0 Å². The molecule has 0 unspecified atom stereocenters. The van der Waals surface area contributed by atoms with Gasteiger partial charge < -0.3 is 9.47 Å². The first-order valence-corrected chi connectivity index (χ1v) is 9.35. The SMILES string of the molecule is Cc1ccc(CC(=O)N2CCC[C@H]2c2nnc3n2CCCCC3)cn1. The van der Waals surface area contributed by atoms with Gasteiger partial charge in [-0.25, -0.2) is 0 Å². The number of rotatable bonds is 3. The second-order valence-electron chi connectivity index (χ2n) is 7.17. The zero-order valence-electron chi connectivity index (χ0n) is 14.8. The maximum atomic E-state index is 12.9. The highest BCUT2D eigenvalue weighted by atomic mass is 16.2. The summed E-state index contributed by atoms with van der Waals surface area (Å²) in [6, 6.07) is 4.03. The van der Waals surface area contributed by atoms with Gasteiger partial charge in [-0.2, -0.15) is 0 Å². The lowest BCUT2D eigenvalue weighted by Gasteiger charge is -2.24. The van der Waals surface area contributed by atoms with Gasteiger partial charge in [-0.3, -0.25) is 9.78 Å². The number of carbonyl (C=O) groups is 1. The van der Waals surface area contributed by atoms with Crippen LogP contribution in [0.1, 0.15) is 61.1 Å². The average Bonchev–Trinajstić information content (AvgIpc) is 3.18. The van der Waals surface area contributed by atoms with Gasteiger partial charge >= 0.3 is 0 Å². The van der Waals surface area contributed by atoms with Gasteiger partial charge in [0.2, 0.25) is 5.91 Å². The van der Waals surface area contributed by atoms with Gasteiger partial charge in [-0.15, -0.1) is 10.2 Å². The Morgan fingerprint density at radius 2 is 2.08 bits per heavy atom. The first-order chi connectivity index (χ1) is 12.2. The first-order valence-electron chi connectivity index (χ1n) is 9.35. The van der Waals surface area contributed by atoms with Crippen molar-refractivity contribution in [3.8, 4) is 0 Å². The van der Waals surface area contributed by atoms with Crippen LogP contribution in [0.25, 0.3) is 0 Å². The van der Waals surface area contributed by atoms with E-state index >= 15 is 0 Å². The van der Waals surface area contributed by atoms with Crippen LogP contribution in [0.5, 0.6) is 0 Å². The molecule has 0 aromatic carbocycles. The van der Waals surface area contributed by atoms with Crippen molar-refractivity contribution in [2.24, 2.45) is 0 Å². The number of pyridine rings is 1. The average molecular weight is 339 g/mol. The number of amides is 1. The highest BCUT2D eigenvalue weighted by molar-refractivity contribution is 5.79. The van der Waals surface area contributed by atoms with E-state index < -0.39 is 0 Å². The summed E-state index contributed by atoms with van der Waals surface area (Å²) in [5, 5.41) is 8.89. The van der Waals surface area contributed by atoms with Gasteiger partial charge in [0.05, 0.1) is 12.5 Å². The topological polar surface area (TPSA) is 63.9 Å². The largest absolute Gasteiger partial charge is 0.332 e. The van der Waals surface area contributed by atoms with Crippen LogP contribution >= 0.6 is 0 Å². The summed E-state index contributed by atoms with van der Waals surface area (Å²) in [6.45, 7) is 3.75. The van der Waals surface area contributed by atoms with E-state index in [1.54, 1.807) is 6.20 Å². The summed E-state index contributed by atoms with van der Waals surface area (Å²) in [7, 11) is 0. The van der Waals surface area contributed by atoms with Crippen molar-refractivity contribution < 1.29 is 4.79 Å². The molecule has 6 heteroatoms. The van der Waals surface area contributed by atoms with Crippen molar-refractivity contribution in [1.29, 1.82) is 0 Å². The fourth-order valence-electron chi connectivity index (χ4n) is 3.97. The van der Waals surface area contributed by atoms with Crippen LogP contribution in [0.3, 0.4) is 0 Å². The fraction of sp³-hybridized carbons (Fsp3) is 0.579. The molecule has 0 radical (unpaired) electrons. The summed E-state index contributed by atoms with van der Waals surface area (Å²) in [5.41, 5.74) is 1.95. The summed E-state index contributed by atoms with van der Waals surface area (Å²) in [6.07, 6.45) is 8.84. The molecule has 0 bridgehead atoms. The van der Waals surface area contributed by atoms with Crippen molar-refractivity contribution in [2.45, 2.75) is 64.5 Å². The molecular weight excluding hydrogens is 314 g/mol. The third-order valence-corrected chi connectivity index (χ3v) is 5.34. The van der Waals surface area contributed by atoms with E-state index in [0.717, 1.165) is 55.3 Å². The second kappa shape index (κ2) is 6.94. The van der Waals surface area contributed by atoms with E-state index in [2.05, 4.69) is 19.7 Å². The van der Waals surface area contributed by atoms with E-state index in [1.165, 1.54) is 19.3 Å². The summed E-state index contributed by atoms with van der Waals surface area (Å²) >= 11 is 0. The predicted molar refractivity (Wildman–Crippen MR) is 93.9 cm³/mol. The van der Waals surface area contributed by atoms with Crippen LogP contribution in [0.15, 0.2) is 18.3 Å². The lowest BCUT2D eigenvalue weighted by molar-refractivity contribution is -0.131. The molecule has 4 rings (SSSR count). The van der Waals surface area contributed by atoms with Crippen LogP contribution in [0.4, 0.5) is 0 Å². The lowest BCUT2D eigenvalue weighted by atomic mass is 10.1. The third-order valence-electron chi connectivity index (χ3n) is 5.34. The molecule has 0 spiro atoms. The summed E-state index contributed by atoms with van der Waals surface area (Å²) < 4.78 is 2.27. The Morgan fingerprint density at radius 3 is 2.92 bits per heavy atom. The van der Waals surface area contributed by atoms with Gasteiger partial charge in [0.1, 0.15) is 5.82 Å². The van der Waals surface area contributed by atoms with Crippen LogP contribution in [0, 0.1) is 6.92 Å². The molecule has 0 N–H and O–H groups in total. The zero-order valence-corrected chi connectivity index (χ0v) is 14.8. The Bertz CT molecular complexity index is 752. The minimum atomic E-state index is 0.0743. The van der Waals surface area contributed by atoms with Crippen molar-refractivity contribution >= 4 is 5.91 Å². The zero-order chi connectivity index (χ0) is 17.2. The van der Waals surface area contributed by atoms with Crippen LogP contribution in [0.2, 0.25) is 0 Å². The van der Waals surface area contributed by atoms with Crippen LogP contribution in [-0.4, -0.2) is 37.1 Å². The quantitative estimate of drug-likeness (QED) is 0.862. The summed E-state index contributed by atoms with van der Waals surface area (Å²) in [5.74, 6) is 2.25. The van der Waals surface area contributed by atoms with Crippen molar-refractivity contribution in [1.82, 2.24) is 24.6 Å². The van der Waals surface area contributed by atoms with E-state index in [9.17, 15) is 4.79 Å². The van der Waals surface area contributed by atoms with E-state index in [0.29, 0.717) is 6.42 Å². The number of nitrogens with zero attached hydrogens (tertiary/aromatic N) is 5. The highest BCUT2D eigenvalue weighted by Gasteiger charge is 2.34. The first kappa shape index (κ1) is 16.2. The third kappa shape index (κ3) is 3.30. The molecule has 132 valence electrons. The fourth-order valence-corrected chi connectivity index (χ4v) is 3.97. The number of fused-ring (bicyclic) bond motifs is 1. The van der Waals surface area contributed by atoms with E-state index in [1.807, 2.05) is 24.0 Å². The molecule has 1 amide bonds. The minimum Gasteiger partial charge on any atom is -0.332 e. The Hall–Kier alpha value is -2.24. The smallest absolute Gasteiger partial charge is 0.227 e. The van der Waals surface area contributed by atoms with Crippen molar-refractivity contribution in [3.63, 3.8) is 0 Å². The Labute approximate surface area is 148 Å².